The molecule has 4 amide bonds. The van der Waals surface area contributed by atoms with Crippen molar-refractivity contribution in [1.82, 2.24) is 119 Å². The number of anilines is 8. The van der Waals surface area contributed by atoms with E-state index in [4.69, 9.17) is 32.9 Å². The summed E-state index contributed by atoms with van der Waals surface area (Å²) >= 11 is 0. The summed E-state index contributed by atoms with van der Waals surface area (Å²) in [4.78, 5) is 107. The van der Waals surface area contributed by atoms with Crippen molar-refractivity contribution in [2.45, 2.75) is 90.9 Å². The zero-order valence-electron chi connectivity index (χ0n) is 82.8. The summed E-state index contributed by atoms with van der Waals surface area (Å²) in [5, 5.41) is 59.3. The number of carbonyl (C=O) groups is 4. The number of nitrogens with zero attached hydrogens (tertiary/aromatic N) is 28. The monoisotopic (exact) mass is 1940 g/mol. The number of carbonyl (C=O) groups excluding carboxylic acids is 4. The van der Waals surface area contributed by atoms with E-state index in [1.807, 2.05) is 196 Å². The number of hydrazone groups is 4. The molecule has 40 nitrogen and oxygen atoms in total. The summed E-state index contributed by atoms with van der Waals surface area (Å²) in [6.45, 7) is 28.4. The number of amides is 4. The van der Waals surface area contributed by atoms with Crippen LogP contribution >= 0.6 is 0 Å². The lowest BCUT2D eigenvalue weighted by molar-refractivity contribution is -0.118. The number of hydrogen-bond acceptors (Lipinski definition) is 32. The van der Waals surface area contributed by atoms with Gasteiger partial charge in [0.05, 0.1) is 118 Å². The van der Waals surface area contributed by atoms with Gasteiger partial charge in [0.25, 0.3) is 0 Å². The molecular weight excluding hydrogens is 1840 g/mol. The Morgan fingerprint density at radius 3 is 0.815 bits per heavy atom. The number of pyridine rings is 12. The first-order valence-corrected chi connectivity index (χ1v) is 47.4. The third-order valence-electron chi connectivity index (χ3n) is 28.4. The maximum atomic E-state index is 12.9. The molecule has 732 valence electrons. The third-order valence-corrected chi connectivity index (χ3v) is 28.4. The number of rotatable bonds is 16. The Morgan fingerprint density at radius 2 is 0.555 bits per heavy atom. The molecule has 0 saturated heterocycles. The highest BCUT2D eigenvalue weighted by molar-refractivity contribution is 6.06. The Bertz CT molecular complexity index is 7960. The van der Waals surface area contributed by atoms with Gasteiger partial charge >= 0.3 is 0 Å². The Labute approximate surface area is 837 Å². The van der Waals surface area contributed by atoms with Crippen LogP contribution in [0, 0.1) is 65.2 Å². The van der Waals surface area contributed by atoms with Crippen LogP contribution in [0.3, 0.4) is 0 Å². The van der Waals surface area contributed by atoms with Crippen LogP contribution in [-0.4, -0.2) is 196 Å². The second-order valence-electron chi connectivity index (χ2n) is 38.2. The number of nitrogen functional groups attached to an aromatic ring is 4. The SMILES string of the molecule is C=C1c2nc(C)c(-c3cc4cc(NC(=O)[C@@H]5C[C@H]5c5cnn(C)c5)ncc4c(N)n3)c(C)c2C=NN1C.C=C1c2nc(C)c(-c3cc4cc(NC(=O)[C@H]5C[C@@H]5c5cnn(C)c5)ncc4c(N)n3)c(C)c2C=NN1C.C=C1c2ncc(-c3cc4cc(NC(=O)[C@@H]5C[C@H]5c5cnn(C)c5)ncc4c(N)n3)c(C)c2C=NN1C.C=C1c2ncc(-c3cc4cc(NC(=O)[C@H]5C[C@@H]5c5cnn(C)c5)ncc4c(N)n3)c(C)c2C=NN1C. The second-order valence-corrected chi connectivity index (χ2v) is 38.2. The second kappa shape index (κ2) is 36.6. The van der Waals surface area contributed by atoms with E-state index < -0.39 is 0 Å². The Balaban J connectivity index is 0.000000114. The molecule has 16 aromatic heterocycles. The number of aryl methyl sites for hydroxylation is 6. The molecule has 0 aromatic carbocycles. The molecule has 40 heteroatoms. The van der Waals surface area contributed by atoms with Gasteiger partial charge < -0.3 is 44.2 Å². The number of fused-ring (bicyclic) bond motifs is 8. The standard InChI is InChI=1S/2C27H27N9O.2C26H25N9O/c2*1-13-20-11-31-36(5)15(3)25(20)32-14(2)24(13)22-6-16-7-23(29-10-21(16)26(28)33-22)34-27(37)19-8-18(19)17-9-30-35(4)12-17;2*1-13-19(9-29-24-14(2)35(4)31-11-20(13)24)22-5-15-6-23(28-10-21(15)25(27)32-22)33-26(36)18-7-17(18)16-8-30-34(3)12-16/h2*6-7,9-12,18-19H,3,8H2,1-2,4-5H3,(H2,28,33)(H,29,34,37);2*5-6,8-12,17-18H,2,7H2,1,3-4H3,(H2,27,32)(H,28,33,36)/t2*18-,19+;2*17-,18+/m1010/s1. The molecule has 4 aliphatic heterocycles. The van der Waals surface area contributed by atoms with Crippen LogP contribution in [0.25, 0.3) is 111 Å². The minimum Gasteiger partial charge on any atom is -0.383 e. The molecular formula is C106H104N36O4. The lowest BCUT2D eigenvalue weighted by Gasteiger charge is -2.24. The van der Waals surface area contributed by atoms with Gasteiger partial charge in [-0.2, -0.15) is 40.8 Å². The zero-order chi connectivity index (χ0) is 102. The third kappa shape index (κ3) is 17.7. The van der Waals surface area contributed by atoms with Gasteiger partial charge in [-0.3, -0.25) is 77.9 Å². The van der Waals surface area contributed by atoms with E-state index in [0.29, 0.717) is 69.3 Å². The fourth-order valence-electron chi connectivity index (χ4n) is 19.6. The van der Waals surface area contributed by atoms with Gasteiger partial charge in [0.15, 0.2) is 0 Å². The van der Waals surface area contributed by atoms with Crippen LogP contribution in [0.5, 0.6) is 0 Å². The summed E-state index contributed by atoms with van der Waals surface area (Å²) in [5.74, 6) is 3.67. The number of aromatic nitrogens is 20. The Morgan fingerprint density at radius 1 is 0.308 bits per heavy atom. The van der Waals surface area contributed by atoms with Gasteiger partial charge in [0.1, 0.15) is 46.5 Å². The van der Waals surface area contributed by atoms with Crippen LogP contribution in [0.1, 0.15) is 150 Å². The number of nitrogens with one attached hydrogen (secondary N) is 4. The van der Waals surface area contributed by atoms with Gasteiger partial charge in [-0.05, 0) is 205 Å². The van der Waals surface area contributed by atoms with Gasteiger partial charge in [-0.25, -0.2) is 39.9 Å². The topological polar surface area (TPSA) is 509 Å². The Hall–Kier alpha value is -18.4. The van der Waals surface area contributed by atoms with E-state index in [-0.39, 0.29) is 71.0 Å². The molecule has 8 atom stereocenters. The predicted molar refractivity (Wildman–Crippen MR) is 565 cm³/mol. The van der Waals surface area contributed by atoms with Crippen LogP contribution in [-0.2, 0) is 47.4 Å². The van der Waals surface area contributed by atoms with Crippen LogP contribution in [0.2, 0.25) is 0 Å². The summed E-state index contributed by atoms with van der Waals surface area (Å²) in [5.41, 5.74) is 51.4. The number of hydrogen-bond donors (Lipinski definition) is 8. The first-order valence-electron chi connectivity index (χ1n) is 47.4. The fourth-order valence-corrected chi connectivity index (χ4v) is 19.6. The summed E-state index contributed by atoms with van der Waals surface area (Å²) < 4.78 is 7.02. The lowest BCUT2D eigenvalue weighted by Crippen LogP contribution is -2.19. The minimum absolute atomic E-state index is 0.0435. The van der Waals surface area contributed by atoms with E-state index in [1.165, 1.54) is 0 Å². The summed E-state index contributed by atoms with van der Waals surface area (Å²) in [6.07, 6.45) is 35.7. The molecule has 4 aliphatic carbocycles. The van der Waals surface area contributed by atoms with Gasteiger partial charge in [-0.15, -0.1) is 0 Å². The maximum absolute atomic E-state index is 12.9. The van der Waals surface area contributed by atoms with Gasteiger partial charge in [-0.1, -0.05) is 26.3 Å². The van der Waals surface area contributed by atoms with Crippen molar-refractivity contribution in [2.75, 3.05) is 72.4 Å². The first-order chi connectivity index (χ1) is 70.0. The van der Waals surface area contributed by atoms with Crippen molar-refractivity contribution >= 4 is 161 Å². The van der Waals surface area contributed by atoms with Crippen LogP contribution in [0.4, 0.5) is 46.5 Å². The van der Waals surface area contributed by atoms with Gasteiger partial charge in [0, 0.05) is 219 Å². The normalized spacial score (nSPS) is 18.3. The molecule has 24 rings (SSSR count). The molecule has 0 bridgehead atoms. The molecule has 4 fully saturated rings. The molecule has 4 saturated carbocycles. The van der Waals surface area contributed by atoms with Crippen molar-refractivity contribution < 1.29 is 19.2 Å². The van der Waals surface area contributed by atoms with Crippen molar-refractivity contribution in [1.29, 1.82) is 0 Å². The first kappa shape index (κ1) is 93.9. The predicted octanol–water partition coefficient (Wildman–Crippen LogP) is 13.8. The van der Waals surface area contributed by atoms with Crippen molar-refractivity contribution in [3.63, 3.8) is 0 Å². The highest BCUT2D eigenvalue weighted by Crippen LogP contribution is 2.52. The summed E-state index contributed by atoms with van der Waals surface area (Å²) in [6, 6.07) is 15.1. The Kier molecular flexibility index (Phi) is 23.5. The molecule has 0 radical (unpaired) electrons. The molecule has 8 aliphatic rings. The molecule has 0 spiro atoms. The van der Waals surface area contributed by atoms with Crippen LogP contribution < -0.4 is 44.2 Å². The maximum Gasteiger partial charge on any atom is 0.229 e. The van der Waals surface area contributed by atoms with Gasteiger partial charge in [0.2, 0.25) is 23.6 Å². The smallest absolute Gasteiger partial charge is 0.229 e. The largest absolute Gasteiger partial charge is 0.383 e. The molecule has 16 aromatic rings. The summed E-state index contributed by atoms with van der Waals surface area (Å²) in [7, 11) is 14.9. The van der Waals surface area contributed by atoms with Crippen molar-refractivity contribution in [2.24, 2.45) is 72.3 Å². The average Bonchev–Trinajstić information content (AvgIpc) is 1.18. The lowest BCUT2D eigenvalue weighted by atomic mass is 9.95. The van der Waals surface area contributed by atoms with E-state index in [0.717, 1.165) is 215 Å². The molecule has 0 unspecified atom stereocenters. The van der Waals surface area contributed by atoms with Crippen molar-refractivity contribution in [3.8, 4) is 45.0 Å². The number of nitrogens with two attached hydrogens (primary N) is 4. The fraction of sp³-hybridized carbons (Fsp3) is 0.245. The average molecular weight is 1950 g/mol. The zero-order valence-corrected chi connectivity index (χ0v) is 82.8. The quantitative estimate of drug-likeness (QED) is 0.0445. The highest BCUT2D eigenvalue weighted by Gasteiger charge is 2.48. The minimum atomic E-state index is -0.0814. The highest BCUT2D eigenvalue weighted by atomic mass is 16.2. The van der Waals surface area contributed by atoms with E-state index in [1.54, 1.807) is 101 Å². The van der Waals surface area contributed by atoms with Crippen LogP contribution in [0.15, 0.2) is 182 Å². The van der Waals surface area contributed by atoms with E-state index >= 15 is 0 Å². The van der Waals surface area contributed by atoms with E-state index in [2.05, 4.69) is 138 Å². The van der Waals surface area contributed by atoms with E-state index in [9.17, 15) is 19.2 Å². The molecule has 20 heterocycles. The molecule has 12 N–H and O–H groups in total. The molecule has 146 heavy (non-hydrogen) atoms. The van der Waals surface area contributed by atoms with Crippen molar-refractivity contribution in [3.05, 3.63) is 263 Å².